The van der Waals surface area contributed by atoms with Gasteiger partial charge in [-0.05, 0) is 6.42 Å². The molecule has 2 N–H and O–H groups in total. The topological polar surface area (TPSA) is 58.2 Å². The molecule has 0 aromatic rings. The molecule has 2 amide bonds. The smallest absolute Gasteiger partial charge is 0.244 e. The molecule has 0 aromatic heterocycles. The van der Waals surface area contributed by atoms with Gasteiger partial charge >= 0.3 is 0 Å². The number of rotatable bonds is 2. The van der Waals surface area contributed by atoms with E-state index in [1.54, 1.807) is 0 Å². The minimum Gasteiger partial charge on any atom is -0.302 e. The summed E-state index contributed by atoms with van der Waals surface area (Å²) in [7, 11) is 0. The van der Waals surface area contributed by atoms with Crippen molar-refractivity contribution in [3.05, 3.63) is 0 Å². The molecule has 2 aliphatic heterocycles. The van der Waals surface area contributed by atoms with Crippen LogP contribution in [0.1, 0.15) is 19.8 Å². The van der Waals surface area contributed by atoms with E-state index in [0.29, 0.717) is 17.7 Å². The van der Waals surface area contributed by atoms with E-state index >= 15 is 0 Å². The second kappa shape index (κ2) is 3.90. The molecule has 2 saturated heterocycles. The zero-order valence-corrected chi connectivity index (χ0v) is 8.89. The average Bonchev–Trinajstić information content (AvgIpc) is 2.61. The lowest BCUT2D eigenvalue weighted by Gasteiger charge is -2.14. The van der Waals surface area contributed by atoms with E-state index in [2.05, 4.69) is 17.6 Å². The van der Waals surface area contributed by atoms with Gasteiger partial charge in [0.15, 0.2) is 0 Å². The van der Waals surface area contributed by atoms with E-state index in [0.717, 1.165) is 12.2 Å². The Morgan fingerprint density at radius 3 is 2.79 bits per heavy atom. The van der Waals surface area contributed by atoms with E-state index in [-0.39, 0.29) is 17.9 Å². The summed E-state index contributed by atoms with van der Waals surface area (Å²) in [5.41, 5.74) is 0. The second-order valence-corrected chi connectivity index (χ2v) is 5.38. The number of carbonyl (C=O) groups excluding carboxylic acids is 2. The summed E-state index contributed by atoms with van der Waals surface area (Å²) in [5, 5.41) is 6.20. The first-order chi connectivity index (χ1) is 6.65. The maximum Gasteiger partial charge on any atom is 0.244 e. The Balaban J connectivity index is 1.86. The number of amides is 2. The lowest BCUT2D eigenvalue weighted by atomic mass is 10.1. The molecule has 4 nitrogen and oxygen atoms in total. The Hall–Kier alpha value is -0.550. The Morgan fingerprint density at radius 1 is 1.50 bits per heavy atom. The molecule has 0 saturated carbocycles. The van der Waals surface area contributed by atoms with Gasteiger partial charge in [-0.25, -0.2) is 0 Å². The molecule has 5 heteroatoms. The van der Waals surface area contributed by atoms with Gasteiger partial charge in [0.25, 0.3) is 0 Å². The quantitative estimate of drug-likeness (QED) is 0.629. The highest BCUT2D eigenvalue weighted by molar-refractivity contribution is 8.00. The number of imide groups is 1. The molecule has 0 bridgehead atoms. The van der Waals surface area contributed by atoms with E-state index in [4.69, 9.17) is 0 Å². The van der Waals surface area contributed by atoms with Crippen LogP contribution < -0.4 is 10.6 Å². The van der Waals surface area contributed by atoms with E-state index in [1.165, 1.54) is 0 Å². The molecule has 3 atom stereocenters. The van der Waals surface area contributed by atoms with Gasteiger partial charge in [0.1, 0.15) is 0 Å². The third-order valence-corrected chi connectivity index (χ3v) is 3.96. The largest absolute Gasteiger partial charge is 0.302 e. The summed E-state index contributed by atoms with van der Waals surface area (Å²) in [6.45, 7) is 2.19. The van der Waals surface area contributed by atoms with Gasteiger partial charge in [-0.3, -0.25) is 14.9 Å². The summed E-state index contributed by atoms with van der Waals surface area (Å²) >= 11 is 1.91. The van der Waals surface area contributed by atoms with Gasteiger partial charge in [-0.1, -0.05) is 6.92 Å². The highest BCUT2D eigenvalue weighted by Crippen LogP contribution is 2.26. The predicted molar refractivity (Wildman–Crippen MR) is 55.0 cm³/mol. The van der Waals surface area contributed by atoms with Gasteiger partial charge in [0.05, 0.1) is 12.5 Å². The minimum absolute atomic E-state index is 0.161. The summed E-state index contributed by atoms with van der Waals surface area (Å²) in [5.74, 6) is 0.713. The van der Waals surface area contributed by atoms with Gasteiger partial charge in [-0.15, -0.1) is 0 Å². The number of hydrogen-bond donors (Lipinski definition) is 2. The van der Waals surface area contributed by atoms with Crippen molar-refractivity contribution in [1.82, 2.24) is 10.6 Å². The lowest BCUT2D eigenvalue weighted by Crippen LogP contribution is -2.42. The van der Waals surface area contributed by atoms with Crippen LogP contribution in [0.25, 0.3) is 0 Å². The van der Waals surface area contributed by atoms with E-state index in [9.17, 15) is 9.59 Å². The lowest BCUT2D eigenvalue weighted by molar-refractivity contribution is -0.125. The molecule has 3 unspecified atom stereocenters. The Labute approximate surface area is 87.2 Å². The fourth-order valence-corrected chi connectivity index (χ4v) is 3.07. The third kappa shape index (κ3) is 2.09. The molecule has 2 heterocycles. The zero-order chi connectivity index (χ0) is 10.1. The van der Waals surface area contributed by atoms with Gasteiger partial charge in [0, 0.05) is 17.0 Å². The van der Waals surface area contributed by atoms with Crippen LogP contribution in [0.3, 0.4) is 0 Å². The van der Waals surface area contributed by atoms with Gasteiger partial charge in [0.2, 0.25) is 11.8 Å². The molecule has 2 fully saturated rings. The van der Waals surface area contributed by atoms with Crippen LogP contribution in [0.15, 0.2) is 0 Å². The molecule has 2 rings (SSSR count). The highest BCUT2D eigenvalue weighted by Gasteiger charge is 2.33. The predicted octanol–water partition coefficient (Wildman–Crippen LogP) is -0.115. The van der Waals surface area contributed by atoms with Crippen molar-refractivity contribution in [2.24, 2.45) is 0 Å². The van der Waals surface area contributed by atoms with E-state index < -0.39 is 0 Å². The van der Waals surface area contributed by atoms with Crippen LogP contribution in [0, 0.1) is 0 Å². The maximum atomic E-state index is 11.3. The van der Waals surface area contributed by atoms with Crippen molar-refractivity contribution >= 4 is 23.6 Å². The molecule has 0 spiro atoms. The summed E-state index contributed by atoms with van der Waals surface area (Å²) in [6.07, 6.45) is 1.39. The first kappa shape index (κ1) is 9.98. The molecule has 78 valence electrons. The second-order valence-electron chi connectivity index (χ2n) is 3.91. The first-order valence-corrected chi connectivity index (χ1v) is 5.91. The van der Waals surface area contributed by atoms with Crippen molar-refractivity contribution in [3.63, 3.8) is 0 Å². The number of carbonyl (C=O) groups is 2. The molecular weight excluding hydrogens is 200 g/mol. The summed E-state index contributed by atoms with van der Waals surface area (Å²) in [4.78, 5) is 22.2. The number of nitrogens with one attached hydrogen (secondary N) is 2. The summed E-state index contributed by atoms with van der Waals surface area (Å²) in [6, 6.07) is 0.0926. The fourth-order valence-electron chi connectivity index (χ4n) is 1.91. The van der Waals surface area contributed by atoms with Crippen molar-refractivity contribution in [2.45, 2.75) is 37.1 Å². The van der Waals surface area contributed by atoms with Crippen molar-refractivity contribution in [1.29, 1.82) is 0 Å². The first-order valence-electron chi connectivity index (χ1n) is 4.86. The highest BCUT2D eigenvalue weighted by atomic mass is 32.2. The Bertz CT molecular complexity index is 270. The van der Waals surface area contributed by atoms with Crippen LogP contribution in [-0.2, 0) is 9.59 Å². The average molecular weight is 214 g/mol. The standard InChI is InChI=1S/C9H14N2O2S/c1-5-2-6(4-14-5)10-7-3-8(12)11-9(7)13/h5-7,10H,2-4H2,1H3,(H,11,12,13). The molecular formula is C9H14N2O2S. The monoisotopic (exact) mass is 214 g/mol. The Kier molecular flexibility index (Phi) is 2.78. The maximum absolute atomic E-state index is 11.3. The SMILES string of the molecule is CC1CC(NC2CC(=O)NC2=O)CS1. The van der Waals surface area contributed by atoms with Crippen LogP contribution in [0.5, 0.6) is 0 Å². The molecule has 0 aromatic carbocycles. The van der Waals surface area contributed by atoms with Crippen molar-refractivity contribution < 1.29 is 9.59 Å². The summed E-state index contributed by atoms with van der Waals surface area (Å²) < 4.78 is 0. The minimum atomic E-state index is -0.293. The number of thioether (sulfide) groups is 1. The third-order valence-electron chi connectivity index (χ3n) is 2.60. The number of hydrogen-bond acceptors (Lipinski definition) is 4. The molecule has 0 radical (unpaired) electrons. The zero-order valence-electron chi connectivity index (χ0n) is 8.08. The van der Waals surface area contributed by atoms with Gasteiger partial charge < -0.3 is 5.32 Å². The normalized spacial score (nSPS) is 37.6. The molecule has 14 heavy (non-hydrogen) atoms. The van der Waals surface area contributed by atoms with E-state index in [1.807, 2.05) is 11.8 Å². The van der Waals surface area contributed by atoms with Crippen molar-refractivity contribution in [2.75, 3.05) is 5.75 Å². The van der Waals surface area contributed by atoms with Crippen LogP contribution in [-0.4, -0.2) is 34.9 Å². The molecule has 0 aliphatic carbocycles. The van der Waals surface area contributed by atoms with Crippen LogP contribution in [0.2, 0.25) is 0 Å². The van der Waals surface area contributed by atoms with Crippen molar-refractivity contribution in [3.8, 4) is 0 Å². The Morgan fingerprint density at radius 2 is 2.29 bits per heavy atom. The fraction of sp³-hybridized carbons (Fsp3) is 0.778. The van der Waals surface area contributed by atoms with Crippen LogP contribution in [0.4, 0.5) is 0 Å². The van der Waals surface area contributed by atoms with Gasteiger partial charge in [-0.2, -0.15) is 11.8 Å². The molecule has 2 aliphatic rings. The van der Waals surface area contributed by atoms with Crippen LogP contribution >= 0.6 is 11.8 Å².